The molecule has 0 bridgehead atoms. The Bertz CT molecular complexity index is 664. The van der Waals surface area contributed by atoms with Gasteiger partial charge >= 0.3 is 0 Å². The number of hydrogen-bond donors (Lipinski definition) is 1. The highest BCUT2D eigenvalue weighted by atomic mass is 32.2. The first-order valence-electron chi connectivity index (χ1n) is 8.72. The number of thiocarbonyl (C=S) groups is 1. The van der Waals surface area contributed by atoms with Crippen LogP contribution < -0.4 is 5.32 Å². The van der Waals surface area contributed by atoms with Crippen molar-refractivity contribution in [2.24, 2.45) is 0 Å². The lowest BCUT2D eigenvalue weighted by Crippen LogP contribution is -2.36. The van der Waals surface area contributed by atoms with Gasteiger partial charge in [-0.05, 0) is 36.8 Å². The quantitative estimate of drug-likeness (QED) is 0.581. The van der Waals surface area contributed by atoms with Crippen molar-refractivity contribution in [3.63, 3.8) is 0 Å². The van der Waals surface area contributed by atoms with Crippen LogP contribution in [0.15, 0.2) is 22.4 Å². The van der Waals surface area contributed by atoms with Gasteiger partial charge in [-0.3, -0.25) is 14.5 Å². The molecule has 0 atom stereocenters. The Morgan fingerprint density at radius 1 is 1.36 bits per heavy atom. The van der Waals surface area contributed by atoms with Gasteiger partial charge in [0.2, 0.25) is 5.91 Å². The molecule has 0 radical (unpaired) electrons. The Hall–Kier alpha value is -1.18. The largest absolute Gasteiger partial charge is 0.353 e. The number of carbonyl (C=O) groups excluding carboxylic acids is 2. The maximum absolute atomic E-state index is 12.5. The molecule has 1 saturated heterocycles. The van der Waals surface area contributed by atoms with Crippen LogP contribution in [0.3, 0.4) is 0 Å². The Morgan fingerprint density at radius 2 is 2.16 bits per heavy atom. The first kappa shape index (κ1) is 18.6. The molecular formula is C18H22N2O2S3. The number of rotatable bonds is 6. The van der Waals surface area contributed by atoms with E-state index in [2.05, 4.69) is 5.32 Å². The van der Waals surface area contributed by atoms with Gasteiger partial charge in [-0.2, -0.15) is 0 Å². The lowest BCUT2D eigenvalue weighted by molar-refractivity contribution is -0.124. The molecule has 2 fully saturated rings. The van der Waals surface area contributed by atoms with Gasteiger partial charge in [0.05, 0.1) is 4.91 Å². The van der Waals surface area contributed by atoms with Crippen molar-refractivity contribution in [2.75, 3.05) is 6.54 Å². The zero-order valence-corrected chi connectivity index (χ0v) is 16.5. The first-order chi connectivity index (χ1) is 12.1. The number of carbonyl (C=O) groups is 2. The number of thioether (sulfide) groups is 1. The first-order valence-corrected chi connectivity index (χ1v) is 10.8. The van der Waals surface area contributed by atoms with Crippen LogP contribution in [0, 0.1) is 0 Å². The van der Waals surface area contributed by atoms with E-state index in [9.17, 15) is 9.59 Å². The fourth-order valence-electron chi connectivity index (χ4n) is 3.14. The lowest BCUT2D eigenvalue weighted by Gasteiger charge is -2.23. The summed E-state index contributed by atoms with van der Waals surface area (Å²) in [6.45, 7) is 0.504. The second-order valence-corrected chi connectivity index (χ2v) is 9.01. The van der Waals surface area contributed by atoms with Crippen LogP contribution in [0.25, 0.3) is 6.08 Å². The molecule has 2 amide bonds. The Labute approximate surface area is 162 Å². The van der Waals surface area contributed by atoms with Crippen LogP contribution >= 0.6 is 35.3 Å². The average molecular weight is 395 g/mol. The molecule has 2 aliphatic rings. The average Bonchev–Trinajstić information content (AvgIpc) is 3.19. The molecule has 2 heterocycles. The van der Waals surface area contributed by atoms with Crippen LogP contribution in [-0.2, 0) is 9.59 Å². The molecule has 134 valence electrons. The molecule has 1 aromatic rings. The highest BCUT2D eigenvalue weighted by molar-refractivity contribution is 8.26. The van der Waals surface area contributed by atoms with E-state index in [1.54, 1.807) is 16.2 Å². The number of nitrogens with one attached hydrogen (secondary N) is 1. The zero-order valence-electron chi connectivity index (χ0n) is 14.0. The van der Waals surface area contributed by atoms with Gasteiger partial charge in [-0.25, -0.2) is 0 Å². The van der Waals surface area contributed by atoms with E-state index < -0.39 is 0 Å². The molecule has 1 N–H and O–H groups in total. The minimum atomic E-state index is -0.0453. The molecule has 3 rings (SSSR count). The summed E-state index contributed by atoms with van der Waals surface area (Å²) in [5.74, 6) is 0.0440. The minimum absolute atomic E-state index is 0.0453. The van der Waals surface area contributed by atoms with Gasteiger partial charge < -0.3 is 5.32 Å². The molecule has 0 spiro atoms. The lowest BCUT2D eigenvalue weighted by atomic mass is 9.95. The highest BCUT2D eigenvalue weighted by Gasteiger charge is 2.31. The highest BCUT2D eigenvalue weighted by Crippen LogP contribution is 2.33. The molecule has 0 aromatic carbocycles. The maximum Gasteiger partial charge on any atom is 0.266 e. The molecular weight excluding hydrogens is 372 g/mol. The molecule has 4 nitrogen and oxygen atoms in total. The van der Waals surface area contributed by atoms with E-state index >= 15 is 0 Å². The van der Waals surface area contributed by atoms with Crippen molar-refractivity contribution in [2.45, 2.75) is 51.0 Å². The fourth-order valence-corrected chi connectivity index (χ4v) is 5.17. The van der Waals surface area contributed by atoms with Crippen molar-refractivity contribution in [3.8, 4) is 0 Å². The molecule has 1 aromatic heterocycles. The van der Waals surface area contributed by atoms with Crippen LogP contribution in [0.5, 0.6) is 0 Å². The molecule has 25 heavy (non-hydrogen) atoms. The van der Waals surface area contributed by atoms with Crippen molar-refractivity contribution in [1.82, 2.24) is 10.2 Å². The van der Waals surface area contributed by atoms with Crippen molar-refractivity contribution in [3.05, 3.63) is 27.3 Å². The zero-order chi connectivity index (χ0) is 17.6. The number of thiophene rings is 1. The van der Waals surface area contributed by atoms with E-state index in [1.165, 1.54) is 31.0 Å². The van der Waals surface area contributed by atoms with E-state index in [-0.39, 0.29) is 11.8 Å². The third-order valence-corrected chi connectivity index (χ3v) is 6.64. The second-order valence-electron chi connectivity index (χ2n) is 6.35. The summed E-state index contributed by atoms with van der Waals surface area (Å²) in [4.78, 5) is 27.9. The predicted molar refractivity (Wildman–Crippen MR) is 108 cm³/mol. The van der Waals surface area contributed by atoms with Gasteiger partial charge in [0.15, 0.2) is 0 Å². The Kier molecular flexibility index (Phi) is 6.67. The van der Waals surface area contributed by atoms with Gasteiger partial charge in [0.25, 0.3) is 5.91 Å². The summed E-state index contributed by atoms with van der Waals surface area (Å²) in [5, 5.41) is 5.10. The van der Waals surface area contributed by atoms with Crippen LogP contribution in [0.1, 0.15) is 49.8 Å². The SMILES string of the molecule is O=C(CCCN1C(=O)/C(=C/c2cccs2)SC1=S)NC1CCCCC1. The van der Waals surface area contributed by atoms with E-state index in [1.807, 2.05) is 23.6 Å². The molecule has 0 unspecified atom stereocenters. The van der Waals surface area contributed by atoms with Crippen molar-refractivity contribution >= 4 is 57.5 Å². The minimum Gasteiger partial charge on any atom is -0.353 e. The summed E-state index contributed by atoms with van der Waals surface area (Å²) >= 11 is 8.27. The molecule has 1 saturated carbocycles. The molecule has 1 aliphatic carbocycles. The van der Waals surface area contributed by atoms with Crippen molar-refractivity contribution in [1.29, 1.82) is 0 Å². The van der Waals surface area contributed by atoms with Crippen molar-refractivity contribution < 1.29 is 9.59 Å². The fraction of sp³-hybridized carbons (Fsp3) is 0.500. The summed E-state index contributed by atoms with van der Waals surface area (Å²) in [5.41, 5.74) is 0. The Balaban J connectivity index is 1.45. The van der Waals surface area contributed by atoms with Crippen LogP contribution in [0.2, 0.25) is 0 Å². The molecule has 7 heteroatoms. The summed E-state index contributed by atoms with van der Waals surface area (Å²) < 4.78 is 0.584. The topological polar surface area (TPSA) is 49.4 Å². The maximum atomic E-state index is 12.5. The number of hydrogen-bond acceptors (Lipinski definition) is 5. The molecule has 1 aliphatic heterocycles. The van der Waals surface area contributed by atoms with Gasteiger partial charge in [0, 0.05) is 23.9 Å². The second kappa shape index (κ2) is 8.96. The third-order valence-electron chi connectivity index (χ3n) is 4.45. The normalized spacial score (nSPS) is 20.5. The van der Waals surface area contributed by atoms with Crippen LogP contribution in [0.4, 0.5) is 0 Å². The number of nitrogens with zero attached hydrogens (tertiary/aromatic N) is 1. The smallest absolute Gasteiger partial charge is 0.266 e. The van der Waals surface area contributed by atoms with Gasteiger partial charge in [-0.1, -0.05) is 49.3 Å². The summed E-state index contributed by atoms with van der Waals surface area (Å²) in [6.07, 6.45) is 8.84. The van der Waals surface area contributed by atoms with Gasteiger partial charge in [-0.15, -0.1) is 11.3 Å². The van der Waals surface area contributed by atoms with Crippen LogP contribution in [-0.4, -0.2) is 33.6 Å². The standard InChI is InChI=1S/C18H22N2O2S3/c21-16(19-13-6-2-1-3-7-13)9-4-10-20-17(22)15(25-18(20)23)12-14-8-5-11-24-14/h5,8,11-13H,1-4,6-7,9-10H2,(H,19,21)/b15-12-. The predicted octanol–water partition coefficient (Wildman–Crippen LogP) is 4.18. The Morgan fingerprint density at radius 3 is 2.88 bits per heavy atom. The monoisotopic (exact) mass is 394 g/mol. The summed E-state index contributed by atoms with van der Waals surface area (Å²) in [7, 11) is 0. The third kappa shape index (κ3) is 5.15. The number of amides is 2. The van der Waals surface area contributed by atoms with E-state index in [4.69, 9.17) is 12.2 Å². The summed E-state index contributed by atoms with van der Waals surface area (Å²) in [6, 6.07) is 4.28. The van der Waals surface area contributed by atoms with E-state index in [0.717, 1.165) is 17.7 Å². The van der Waals surface area contributed by atoms with Gasteiger partial charge in [0.1, 0.15) is 4.32 Å². The van der Waals surface area contributed by atoms with E-state index in [0.29, 0.717) is 34.7 Å².